The average Bonchev–Trinajstić information content (AvgIpc) is 2.99. The van der Waals surface area contributed by atoms with Crippen LogP contribution in [0, 0.1) is 0 Å². The van der Waals surface area contributed by atoms with Gasteiger partial charge < -0.3 is 9.64 Å². The molecule has 122 valence electrons. The van der Waals surface area contributed by atoms with E-state index < -0.39 is 0 Å². The molecule has 0 radical (unpaired) electrons. The van der Waals surface area contributed by atoms with Crippen LogP contribution in [0.1, 0.15) is 29.4 Å². The number of aromatic nitrogens is 2. The van der Waals surface area contributed by atoms with Crippen molar-refractivity contribution in [3.05, 3.63) is 46.7 Å². The maximum Gasteiger partial charge on any atom is 0.257 e. The van der Waals surface area contributed by atoms with Crippen LogP contribution in [-0.4, -0.2) is 46.9 Å². The van der Waals surface area contributed by atoms with E-state index in [9.17, 15) is 4.79 Å². The summed E-state index contributed by atoms with van der Waals surface area (Å²) in [4.78, 5) is 14.6. The Morgan fingerprint density at radius 3 is 2.83 bits per heavy atom. The molecule has 0 unspecified atom stereocenters. The van der Waals surface area contributed by atoms with E-state index in [4.69, 9.17) is 16.3 Å². The first-order chi connectivity index (χ1) is 11.2. The maximum absolute atomic E-state index is 12.8. The first kappa shape index (κ1) is 16.0. The zero-order valence-corrected chi connectivity index (χ0v) is 13.9. The van der Waals surface area contributed by atoms with Gasteiger partial charge in [-0.25, -0.2) is 4.68 Å². The van der Waals surface area contributed by atoms with Crippen LogP contribution in [0.15, 0.2) is 30.5 Å². The Labute approximate surface area is 140 Å². The van der Waals surface area contributed by atoms with Gasteiger partial charge in [-0.15, -0.1) is 0 Å². The predicted octanol–water partition coefficient (Wildman–Crippen LogP) is 2.95. The second-order valence-corrected chi connectivity index (χ2v) is 5.99. The quantitative estimate of drug-likeness (QED) is 0.864. The number of carbonyl (C=O) groups excluding carboxylic acids is 1. The number of halogens is 1. The SMILES string of the molecule is CCCc1c(C(=O)N2CCOCC2)cnn1-c1cccc(Cl)c1. The third-order valence-electron chi connectivity index (χ3n) is 3.94. The summed E-state index contributed by atoms with van der Waals surface area (Å²) in [6, 6.07) is 7.52. The summed E-state index contributed by atoms with van der Waals surface area (Å²) in [7, 11) is 0. The number of hydrogen-bond acceptors (Lipinski definition) is 3. The van der Waals surface area contributed by atoms with Gasteiger partial charge in [-0.3, -0.25) is 4.79 Å². The topological polar surface area (TPSA) is 47.4 Å². The zero-order chi connectivity index (χ0) is 16.2. The minimum absolute atomic E-state index is 0.0324. The molecule has 5 nitrogen and oxygen atoms in total. The van der Waals surface area contributed by atoms with E-state index in [0.29, 0.717) is 36.9 Å². The second-order valence-electron chi connectivity index (χ2n) is 5.55. The lowest BCUT2D eigenvalue weighted by atomic mass is 10.1. The third kappa shape index (κ3) is 3.41. The summed E-state index contributed by atoms with van der Waals surface area (Å²) in [5.74, 6) is 0.0324. The minimum atomic E-state index is 0.0324. The van der Waals surface area contributed by atoms with Crippen molar-refractivity contribution < 1.29 is 9.53 Å². The number of morpholine rings is 1. The number of amides is 1. The molecule has 1 aliphatic heterocycles. The van der Waals surface area contributed by atoms with Crippen molar-refractivity contribution in [2.45, 2.75) is 19.8 Å². The van der Waals surface area contributed by atoms with Crippen LogP contribution >= 0.6 is 11.6 Å². The van der Waals surface area contributed by atoms with E-state index in [1.54, 1.807) is 6.20 Å². The van der Waals surface area contributed by atoms with Gasteiger partial charge in [-0.2, -0.15) is 5.10 Å². The van der Waals surface area contributed by atoms with E-state index in [-0.39, 0.29) is 5.91 Å². The highest BCUT2D eigenvalue weighted by Crippen LogP contribution is 2.21. The number of rotatable bonds is 4. The molecule has 0 bridgehead atoms. The number of ether oxygens (including phenoxy) is 1. The lowest BCUT2D eigenvalue weighted by molar-refractivity contribution is 0.0302. The molecule has 1 amide bonds. The second kappa shape index (κ2) is 7.15. The Bertz CT molecular complexity index is 693. The molecule has 1 aromatic carbocycles. The highest BCUT2D eigenvalue weighted by atomic mass is 35.5. The highest BCUT2D eigenvalue weighted by molar-refractivity contribution is 6.30. The summed E-state index contributed by atoms with van der Waals surface area (Å²) >= 11 is 6.09. The molecule has 6 heteroatoms. The lowest BCUT2D eigenvalue weighted by Crippen LogP contribution is -2.40. The number of carbonyl (C=O) groups is 1. The standard InChI is InChI=1S/C17H20ClN3O2/c1-2-4-16-15(17(22)20-7-9-23-10-8-20)12-19-21(16)14-6-3-5-13(18)11-14/h3,5-6,11-12H,2,4,7-10H2,1H3. The molecule has 2 aromatic rings. The fourth-order valence-corrected chi connectivity index (χ4v) is 2.98. The van der Waals surface area contributed by atoms with Crippen molar-refractivity contribution in [2.24, 2.45) is 0 Å². The summed E-state index contributed by atoms with van der Waals surface area (Å²) in [6.07, 6.45) is 3.40. The zero-order valence-electron chi connectivity index (χ0n) is 13.2. The van der Waals surface area contributed by atoms with Gasteiger partial charge in [0.2, 0.25) is 0 Å². The van der Waals surface area contributed by atoms with Gasteiger partial charge in [-0.05, 0) is 24.6 Å². The van der Waals surface area contributed by atoms with Crippen LogP contribution < -0.4 is 0 Å². The van der Waals surface area contributed by atoms with E-state index in [1.807, 2.05) is 33.8 Å². The van der Waals surface area contributed by atoms with E-state index in [1.165, 1.54) is 0 Å². The molecule has 0 N–H and O–H groups in total. The van der Waals surface area contributed by atoms with Crippen LogP contribution in [0.4, 0.5) is 0 Å². The lowest BCUT2D eigenvalue weighted by Gasteiger charge is -2.26. The molecule has 23 heavy (non-hydrogen) atoms. The average molecular weight is 334 g/mol. The Hall–Kier alpha value is -1.85. The Morgan fingerprint density at radius 2 is 2.13 bits per heavy atom. The molecule has 1 fully saturated rings. The van der Waals surface area contributed by atoms with Crippen LogP contribution in [0.2, 0.25) is 5.02 Å². The largest absolute Gasteiger partial charge is 0.378 e. The van der Waals surface area contributed by atoms with Crippen molar-refractivity contribution in [3.63, 3.8) is 0 Å². The normalized spacial score (nSPS) is 15.0. The van der Waals surface area contributed by atoms with Crippen molar-refractivity contribution in [2.75, 3.05) is 26.3 Å². The fourth-order valence-electron chi connectivity index (χ4n) is 2.80. The molecule has 1 saturated heterocycles. The summed E-state index contributed by atoms with van der Waals surface area (Å²) in [5.41, 5.74) is 2.49. The van der Waals surface area contributed by atoms with Gasteiger partial charge in [0.25, 0.3) is 5.91 Å². The molecule has 0 aliphatic carbocycles. The number of nitrogens with zero attached hydrogens (tertiary/aromatic N) is 3. The minimum Gasteiger partial charge on any atom is -0.378 e. The van der Waals surface area contributed by atoms with E-state index in [2.05, 4.69) is 12.0 Å². The first-order valence-corrected chi connectivity index (χ1v) is 8.28. The van der Waals surface area contributed by atoms with E-state index >= 15 is 0 Å². The number of benzene rings is 1. The van der Waals surface area contributed by atoms with Crippen LogP contribution in [0.25, 0.3) is 5.69 Å². The molecular formula is C17H20ClN3O2. The monoisotopic (exact) mass is 333 g/mol. The highest BCUT2D eigenvalue weighted by Gasteiger charge is 2.24. The van der Waals surface area contributed by atoms with Gasteiger partial charge in [-0.1, -0.05) is 31.0 Å². The van der Waals surface area contributed by atoms with Crippen LogP contribution in [0.5, 0.6) is 0 Å². The maximum atomic E-state index is 12.8. The van der Waals surface area contributed by atoms with Crippen molar-refractivity contribution in [1.29, 1.82) is 0 Å². The van der Waals surface area contributed by atoms with Crippen molar-refractivity contribution in [1.82, 2.24) is 14.7 Å². The van der Waals surface area contributed by atoms with Gasteiger partial charge >= 0.3 is 0 Å². The van der Waals surface area contributed by atoms with Crippen molar-refractivity contribution in [3.8, 4) is 5.69 Å². The Balaban J connectivity index is 1.96. The molecule has 2 heterocycles. The van der Waals surface area contributed by atoms with Crippen LogP contribution in [-0.2, 0) is 11.2 Å². The Morgan fingerprint density at radius 1 is 1.35 bits per heavy atom. The first-order valence-electron chi connectivity index (χ1n) is 7.90. The molecule has 1 aromatic heterocycles. The molecule has 3 rings (SSSR count). The Kier molecular flexibility index (Phi) is 4.98. The van der Waals surface area contributed by atoms with E-state index in [0.717, 1.165) is 24.2 Å². The summed E-state index contributed by atoms with van der Waals surface area (Å²) in [5, 5.41) is 5.10. The van der Waals surface area contributed by atoms with Gasteiger partial charge in [0, 0.05) is 18.1 Å². The summed E-state index contributed by atoms with van der Waals surface area (Å²) < 4.78 is 7.14. The van der Waals surface area contributed by atoms with Crippen LogP contribution in [0.3, 0.4) is 0 Å². The van der Waals surface area contributed by atoms with Gasteiger partial charge in [0.1, 0.15) is 0 Å². The summed E-state index contributed by atoms with van der Waals surface area (Å²) in [6.45, 7) is 4.55. The smallest absolute Gasteiger partial charge is 0.257 e. The molecule has 1 aliphatic rings. The number of hydrogen-bond donors (Lipinski definition) is 0. The fraction of sp³-hybridized carbons (Fsp3) is 0.412. The molecular weight excluding hydrogens is 314 g/mol. The molecule has 0 atom stereocenters. The molecule has 0 saturated carbocycles. The van der Waals surface area contributed by atoms with Gasteiger partial charge in [0.15, 0.2) is 0 Å². The third-order valence-corrected chi connectivity index (χ3v) is 4.17. The van der Waals surface area contributed by atoms with Gasteiger partial charge in [0.05, 0.1) is 36.4 Å². The predicted molar refractivity (Wildman–Crippen MR) is 89.3 cm³/mol. The molecule has 0 spiro atoms. The van der Waals surface area contributed by atoms with Crippen molar-refractivity contribution >= 4 is 17.5 Å².